The van der Waals surface area contributed by atoms with Gasteiger partial charge in [-0.3, -0.25) is 4.79 Å². The summed E-state index contributed by atoms with van der Waals surface area (Å²) in [6.45, 7) is 3.75. The Morgan fingerprint density at radius 2 is 2.33 bits per heavy atom. The first-order valence-corrected chi connectivity index (χ1v) is 4.11. The quantitative estimate of drug-likeness (QED) is 0.598. The van der Waals surface area contributed by atoms with Gasteiger partial charge in [0, 0.05) is 0 Å². The van der Waals surface area contributed by atoms with Crippen LogP contribution in [0.4, 0.5) is 0 Å². The minimum absolute atomic E-state index is 0.133. The van der Waals surface area contributed by atoms with E-state index in [1.165, 1.54) is 0 Å². The summed E-state index contributed by atoms with van der Waals surface area (Å²) in [5, 5.41) is 2.60. The van der Waals surface area contributed by atoms with Crippen LogP contribution in [0.15, 0.2) is 0 Å². The maximum absolute atomic E-state index is 11.1. The number of cyclic esters (lactones) is 1. The molecule has 1 amide bonds. The molecule has 0 aromatic rings. The number of amides is 1. The molecule has 1 aliphatic rings. The van der Waals surface area contributed by atoms with Crippen molar-refractivity contribution in [2.24, 2.45) is 5.92 Å². The van der Waals surface area contributed by atoms with Crippen molar-refractivity contribution in [2.45, 2.75) is 26.3 Å². The van der Waals surface area contributed by atoms with Gasteiger partial charge in [-0.05, 0) is 5.92 Å². The van der Waals surface area contributed by atoms with Crippen molar-refractivity contribution in [1.82, 2.24) is 5.32 Å². The summed E-state index contributed by atoms with van der Waals surface area (Å²) < 4.78 is 4.67. The molecule has 0 spiro atoms. The summed E-state index contributed by atoms with van der Waals surface area (Å²) in [5.74, 6) is -0.384. The van der Waals surface area contributed by atoms with Crippen LogP contribution >= 0.6 is 0 Å². The smallest absolute Gasteiger partial charge is 0.329 e. The van der Waals surface area contributed by atoms with E-state index in [0.717, 1.165) is 6.42 Å². The minimum atomic E-state index is -0.448. The predicted molar refractivity (Wildman–Crippen MR) is 42.3 cm³/mol. The number of ether oxygens (including phenoxy) is 1. The molecule has 0 aliphatic carbocycles. The molecule has 4 nitrogen and oxygen atoms in total. The highest BCUT2D eigenvalue weighted by atomic mass is 16.5. The zero-order valence-electron chi connectivity index (χ0n) is 7.29. The highest BCUT2D eigenvalue weighted by molar-refractivity contribution is 5.90. The number of morpholine rings is 1. The largest absolute Gasteiger partial charge is 0.454 e. The summed E-state index contributed by atoms with van der Waals surface area (Å²) >= 11 is 0. The summed E-state index contributed by atoms with van der Waals surface area (Å²) in [7, 11) is 0. The van der Waals surface area contributed by atoms with Crippen molar-refractivity contribution in [2.75, 3.05) is 6.61 Å². The number of hydrogen-bond donors (Lipinski definition) is 1. The highest BCUT2D eigenvalue weighted by Crippen LogP contribution is 2.11. The fourth-order valence-corrected chi connectivity index (χ4v) is 1.11. The summed E-state index contributed by atoms with van der Waals surface area (Å²) in [5.41, 5.74) is 0. The number of carbonyl (C=O) groups excluding carboxylic acids is 2. The molecule has 1 saturated heterocycles. The van der Waals surface area contributed by atoms with Gasteiger partial charge in [-0.25, -0.2) is 4.79 Å². The number of rotatable bonds is 2. The zero-order chi connectivity index (χ0) is 9.14. The Labute approximate surface area is 71.3 Å². The average Bonchev–Trinajstić information content (AvgIpc) is 2.08. The normalized spacial score (nSPS) is 26.0. The summed E-state index contributed by atoms with van der Waals surface area (Å²) in [6, 6.07) is -0.448. The third-order valence-electron chi connectivity index (χ3n) is 2.13. The predicted octanol–water partition coefficient (Wildman–Crippen LogP) is 0.0741. The maximum atomic E-state index is 11.1. The van der Waals surface area contributed by atoms with Crippen molar-refractivity contribution < 1.29 is 14.3 Å². The van der Waals surface area contributed by atoms with E-state index in [4.69, 9.17) is 0 Å². The number of hydrogen-bond acceptors (Lipinski definition) is 3. The lowest BCUT2D eigenvalue weighted by molar-refractivity contribution is -0.158. The van der Waals surface area contributed by atoms with Gasteiger partial charge in [0.25, 0.3) is 5.91 Å². The third kappa shape index (κ3) is 1.75. The molecule has 68 valence electrons. The van der Waals surface area contributed by atoms with Crippen LogP contribution in [-0.4, -0.2) is 24.5 Å². The fourth-order valence-electron chi connectivity index (χ4n) is 1.11. The Balaban J connectivity index is 2.60. The number of nitrogens with one attached hydrogen (secondary N) is 1. The first-order chi connectivity index (χ1) is 5.65. The average molecular weight is 171 g/mol. The first kappa shape index (κ1) is 9.03. The lowest BCUT2D eigenvalue weighted by Gasteiger charge is -2.26. The Kier molecular flexibility index (Phi) is 2.68. The van der Waals surface area contributed by atoms with E-state index >= 15 is 0 Å². The van der Waals surface area contributed by atoms with Crippen LogP contribution < -0.4 is 5.32 Å². The molecule has 0 radical (unpaired) electrons. The van der Waals surface area contributed by atoms with Crippen molar-refractivity contribution in [3.8, 4) is 0 Å². The molecule has 12 heavy (non-hydrogen) atoms. The Bertz CT molecular complexity index is 202. The van der Waals surface area contributed by atoms with Gasteiger partial charge in [-0.1, -0.05) is 20.3 Å². The van der Waals surface area contributed by atoms with Crippen LogP contribution in [0.5, 0.6) is 0 Å². The van der Waals surface area contributed by atoms with Crippen LogP contribution in [0.3, 0.4) is 0 Å². The Morgan fingerprint density at radius 3 is 2.92 bits per heavy atom. The SMILES string of the molecule is CCC(C)[C@@H]1NC(=O)COC1=O. The monoisotopic (exact) mass is 171 g/mol. The van der Waals surface area contributed by atoms with Gasteiger partial charge >= 0.3 is 5.97 Å². The molecule has 0 saturated carbocycles. The second-order valence-corrected chi connectivity index (χ2v) is 3.04. The molecule has 1 unspecified atom stereocenters. The standard InChI is InChI=1S/C8H13NO3/c1-3-5(2)7-8(11)12-4-6(10)9-7/h5,7H,3-4H2,1-2H3,(H,9,10)/t5?,7-/m0/s1. The Morgan fingerprint density at radius 1 is 1.67 bits per heavy atom. The molecule has 1 heterocycles. The molecule has 0 aromatic carbocycles. The minimum Gasteiger partial charge on any atom is -0.454 e. The van der Waals surface area contributed by atoms with E-state index < -0.39 is 6.04 Å². The van der Waals surface area contributed by atoms with Crippen LogP contribution in [0.2, 0.25) is 0 Å². The van der Waals surface area contributed by atoms with Gasteiger partial charge in [0.2, 0.25) is 0 Å². The maximum Gasteiger partial charge on any atom is 0.329 e. The van der Waals surface area contributed by atoms with Gasteiger partial charge in [0.1, 0.15) is 6.04 Å². The van der Waals surface area contributed by atoms with E-state index in [-0.39, 0.29) is 24.4 Å². The molecule has 2 atom stereocenters. The number of carbonyl (C=O) groups is 2. The van der Waals surface area contributed by atoms with E-state index in [1.54, 1.807) is 0 Å². The van der Waals surface area contributed by atoms with Gasteiger partial charge in [-0.15, -0.1) is 0 Å². The van der Waals surface area contributed by atoms with Crippen LogP contribution in [0.1, 0.15) is 20.3 Å². The van der Waals surface area contributed by atoms with Gasteiger partial charge in [0.15, 0.2) is 6.61 Å². The molecule has 4 heteroatoms. The molecular weight excluding hydrogens is 158 g/mol. The highest BCUT2D eigenvalue weighted by Gasteiger charge is 2.31. The van der Waals surface area contributed by atoms with Gasteiger partial charge < -0.3 is 10.1 Å². The molecule has 1 aliphatic heterocycles. The van der Waals surface area contributed by atoms with E-state index in [2.05, 4.69) is 10.1 Å². The van der Waals surface area contributed by atoms with Crippen molar-refractivity contribution >= 4 is 11.9 Å². The second-order valence-electron chi connectivity index (χ2n) is 3.04. The molecule has 0 bridgehead atoms. The molecular formula is C8H13NO3. The second kappa shape index (κ2) is 3.56. The Hall–Kier alpha value is -1.06. The summed E-state index contributed by atoms with van der Waals surface area (Å²) in [6.07, 6.45) is 0.847. The fraction of sp³-hybridized carbons (Fsp3) is 0.750. The third-order valence-corrected chi connectivity index (χ3v) is 2.13. The van der Waals surface area contributed by atoms with Crippen LogP contribution in [0.25, 0.3) is 0 Å². The van der Waals surface area contributed by atoms with Crippen molar-refractivity contribution in [1.29, 1.82) is 0 Å². The first-order valence-electron chi connectivity index (χ1n) is 4.11. The molecule has 1 fully saturated rings. The van der Waals surface area contributed by atoms with E-state index in [1.807, 2.05) is 13.8 Å². The van der Waals surface area contributed by atoms with E-state index in [0.29, 0.717) is 0 Å². The zero-order valence-corrected chi connectivity index (χ0v) is 7.29. The lowest BCUT2D eigenvalue weighted by atomic mass is 9.98. The lowest BCUT2D eigenvalue weighted by Crippen LogP contribution is -2.52. The van der Waals surface area contributed by atoms with Crippen LogP contribution in [-0.2, 0) is 14.3 Å². The molecule has 1 N–H and O–H groups in total. The van der Waals surface area contributed by atoms with Crippen molar-refractivity contribution in [3.63, 3.8) is 0 Å². The number of esters is 1. The molecule has 0 aromatic heterocycles. The van der Waals surface area contributed by atoms with Gasteiger partial charge in [-0.2, -0.15) is 0 Å². The van der Waals surface area contributed by atoms with Crippen LogP contribution in [0, 0.1) is 5.92 Å². The van der Waals surface area contributed by atoms with E-state index in [9.17, 15) is 9.59 Å². The molecule has 1 rings (SSSR count). The van der Waals surface area contributed by atoms with Crippen molar-refractivity contribution in [3.05, 3.63) is 0 Å². The summed E-state index contributed by atoms with van der Waals surface area (Å²) in [4.78, 5) is 22.0. The topological polar surface area (TPSA) is 55.4 Å². The van der Waals surface area contributed by atoms with Gasteiger partial charge in [0.05, 0.1) is 0 Å².